The largest absolute Gasteiger partial charge is 0.493 e. The first-order chi connectivity index (χ1) is 16.5. The summed E-state index contributed by atoms with van der Waals surface area (Å²) in [7, 11) is 4.68. The van der Waals surface area contributed by atoms with E-state index in [0.29, 0.717) is 17.2 Å². The summed E-state index contributed by atoms with van der Waals surface area (Å²) in [5.41, 5.74) is 2.34. The van der Waals surface area contributed by atoms with Crippen LogP contribution in [0.3, 0.4) is 0 Å². The lowest BCUT2D eigenvalue weighted by molar-refractivity contribution is -0.385. The highest BCUT2D eigenvalue weighted by molar-refractivity contribution is 6.07. The first-order valence-corrected chi connectivity index (χ1v) is 10.3. The van der Waals surface area contributed by atoms with E-state index in [1.165, 1.54) is 30.5 Å². The summed E-state index contributed by atoms with van der Waals surface area (Å²) in [6, 6.07) is 17.1. The monoisotopic (exact) mass is 460 g/mol. The minimum Gasteiger partial charge on any atom is -0.493 e. The molecule has 0 fully saturated rings. The van der Waals surface area contributed by atoms with Gasteiger partial charge in [-0.3, -0.25) is 14.9 Å². The Morgan fingerprint density at radius 3 is 2.21 bits per heavy atom. The van der Waals surface area contributed by atoms with Crippen molar-refractivity contribution in [1.82, 2.24) is 0 Å². The highest BCUT2D eigenvalue weighted by Crippen LogP contribution is 2.38. The van der Waals surface area contributed by atoms with Crippen LogP contribution >= 0.6 is 0 Å². The Hall–Kier alpha value is -4.59. The molecule has 0 bridgehead atoms. The van der Waals surface area contributed by atoms with Crippen LogP contribution in [-0.4, -0.2) is 32.0 Å². The van der Waals surface area contributed by atoms with Crippen molar-refractivity contribution in [1.29, 1.82) is 0 Å². The zero-order valence-corrected chi connectivity index (χ0v) is 19.0. The number of nitrogens with one attached hydrogen (secondary N) is 1. The van der Waals surface area contributed by atoms with Gasteiger partial charge >= 0.3 is 0 Å². The van der Waals surface area contributed by atoms with Crippen LogP contribution in [0.4, 0.5) is 11.4 Å². The molecule has 8 heteroatoms. The average Bonchev–Trinajstić information content (AvgIpc) is 2.86. The first-order valence-electron chi connectivity index (χ1n) is 10.3. The van der Waals surface area contributed by atoms with E-state index < -0.39 is 10.7 Å². The SMILES string of the molecule is COc1cc(C=Cc2cccc(NC=CC(=O)c3ccccc3[N+](=O)[O-])c2)cc(OC)c1OC. The topological polar surface area (TPSA) is 99.9 Å². The number of hydrogen-bond donors (Lipinski definition) is 1. The molecule has 0 unspecified atom stereocenters. The van der Waals surface area contributed by atoms with Gasteiger partial charge in [-0.15, -0.1) is 0 Å². The van der Waals surface area contributed by atoms with Crippen molar-refractivity contribution in [2.75, 3.05) is 26.6 Å². The molecule has 0 saturated heterocycles. The molecule has 0 heterocycles. The van der Waals surface area contributed by atoms with Crippen LogP contribution in [-0.2, 0) is 0 Å². The second-order valence-electron chi connectivity index (χ2n) is 7.03. The molecule has 0 aromatic heterocycles. The molecule has 0 saturated carbocycles. The molecule has 0 amide bonds. The maximum Gasteiger partial charge on any atom is 0.280 e. The fraction of sp³-hybridized carbons (Fsp3) is 0.115. The number of ether oxygens (including phenoxy) is 3. The van der Waals surface area contributed by atoms with E-state index in [4.69, 9.17) is 14.2 Å². The van der Waals surface area contributed by atoms with Gasteiger partial charge in [0.2, 0.25) is 5.75 Å². The van der Waals surface area contributed by atoms with Crippen LogP contribution in [0.25, 0.3) is 12.2 Å². The smallest absolute Gasteiger partial charge is 0.280 e. The molecule has 174 valence electrons. The predicted molar refractivity (Wildman–Crippen MR) is 132 cm³/mol. The van der Waals surface area contributed by atoms with Crippen molar-refractivity contribution in [2.24, 2.45) is 0 Å². The van der Waals surface area contributed by atoms with Gasteiger partial charge in [-0.1, -0.05) is 36.4 Å². The molecule has 1 N–H and O–H groups in total. The van der Waals surface area contributed by atoms with Crippen molar-refractivity contribution in [3.05, 3.63) is 99.7 Å². The van der Waals surface area contributed by atoms with Gasteiger partial charge in [0, 0.05) is 24.0 Å². The molecule has 0 aliphatic carbocycles. The fourth-order valence-electron chi connectivity index (χ4n) is 3.27. The van der Waals surface area contributed by atoms with Gasteiger partial charge in [-0.2, -0.15) is 0 Å². The maximum absolute atomic E-state index is 12.4. The molecule has 0 aliphatic rings. The summed E-state index contributed by atoms with van der Waals surface area (Å²) >= 11 is 0. The molecule has 3 aromatic rings. The van der Waals surface area contributed by atoms with E-state index in [-0.39, 0.29) is 11.3 Å². The Morgan fingerprint density at radius 2 is 1.56 bits per heavy atom. The van der Waals surface area contributed by atoms with Gasteiger partial charge in [0.15, 0.2) is 17.3 Å². The minimum atomic E-state index is -0.571. The lowest BCUT2D eigenvalue weighted by atomic mass is 10.1. The summed E-state index contributed by atoms with van der Waals surface area (Å²) in [4.78, 5) is 22.9. The van der Waals surface area contributed by atoms with E-state index in [1.54, 1.807) is 27.4 Å². The Kier molecular flexibility index (Phi) is 8.02. The third kappa shape index (κ3) is 5.80. The standard InChI is InChI=1S/C26H24N2O6/c1-32-24-16-19(17-25(33-2)26(24)34-3)12-11-18-7-6-8-20(15-18)27-14-13-23(29)21-9-4-5-10-22(21)28(30)31/h4-17,27H,1-3H3. The van der Waals surface area contributed by atoms with E-state index in [9.17, 15) is 14.9 Å². The van der Waals surface area contributed by atoms with Gasteiger partial charge in [-0.05, 0) is 41.5 Å². The lowest BCUT2D eigenvalue weighted by Crippen LogP contribution is -2.01. The lowest BCUT2D eigenvalue weighted by Gasteiger charge is -2.12. The van der Waals surface area contributed by atoms with Crippen molar-refractivity contribution >= 4 is 29.3 Å². The number of hydrogen-bond acceptors (Lipinski definition) is 7. The highest BCUT2D eigenvalue weighted by Gasteiger charge is 2.17. The number of anilines is 1. The third-order valence-corrected chi connectivity index (χ3v) is 4.89. The Balaban J connectivity index is 1.73. The van der Waals surface area contributed by atoms with Gasteiger partial charge in [0.1, 0.15) is 0 Å². The fourth-order valence-corrected chi connectivity index (χ4v) is 3.27. The van der Waals surface area contributed by atoms with Gasteiger partial charge in [-0.25, -0.2) is 0 Å². The van der Waals surface area contributed by atoms with Gasteiger partial charge < -0.3 is 19.5 Å². The normalized spacial score (nSPS) is 10.9. The number of carbonyl (C=O) groups excluding carboxylic acids is 1. The number of carbonyl (C=O) groups is 1. The Bertz CT molecular complexity index is 1220. The van der Waals surface area contributed by atoms with Crippen LogP contribution in [0.2, 0.25) is 0 Å². The summed E-state index contributed by atoms with van der Waals surface area (Å²) in [6.07, 6.45) is 6.56. The second kappa shape index (κ2) is 11.3. The molecule has 34 heavy (non-hydrogen) atoms. The third-order valence-electron chi connectivity index (χ3n) is 4.89. The molecule has 0 aliphatic heterocycles. The van der Waals surface area contributed by atoms with E-state index in [2.05, 4.69) is 5.32 Å². The molecule has 3 rings (SSSR count). The Morgan fingerprint density at radius 1 is 0.882 bits per heavy atom. The second-order valence-corrected chi connectivity index (χ2v) is 7.03. The molecule has 3 aromatic carbocycles. The number of para-hydroxylation sites is 1. The Labute approximate surface area is 197 Å². The highest BCUT2D eigenvalue weighted by atomic mass is 16.6. The number of nitro benzene ring substituents is 1. The van der Waals surface area contributed by atoms with Gasteiger partial charge in [0.05, 0.1) is 31.8 Å². The van der Waals surface area contributed by atoms with Crippen molar-refractivity contribution < 1.29 is 23.9 Å². The summed E-state index contributed by atoms with van der Waals surface area (Å²) in [5.74, 6) is 1.18. The quantitative estimate of drug-likeness (QED) is 0.138. The number of ketones is 1. The number of methoxy groups -OCH3 is 3. The number of rotatable bonds is 10. The van der Waals surface area contributed by atoms with E-state index >= 15 is 0 Å². The van der Waals surface area contributed by atoms with Crippen LogP contribution in [0.1, 0.15) is 21.5 Å². The molecule has 8 nitrogen and oxygen atoms in total. The van der Waals surface area contributed by atoms with Crippen LogP contribution in [0, 0.1) is 10.1 Å². The molecule has 0 radical (unpaired) electrons. The summed E-state index contributed by atoms with van der Waals surface area (Å²) < 4.78 is 16.1. The maximum atomic E-state index is 12.4. The first kappa shape index (κ1) is 24.1. The number of nitro groups is 1. The molecule has 0 spiro atoms. The van der Waals surface area contributed by atoms with Crippen LogP contribution in [0.5, 0.6) is 17.2 Å². The van der Waals surface area contributed by atoms with Crippen molar-refractivity contribution in [3.8, 4) is 17.2 Å². The zero-order valence-electron chi connectivity index (χ0n) is 19.0. The van der Waals surface area contributed by atoms with Crippen LogP contribution in [0.15, 0.2) is 72.9 Å². The van der Waals surface area contributed by atoms with Gasteiger partial charge in [0.25, 0.3) is 5.69 Å². The minimum absolute atomic E-state index is 0.0348. The number of allylic oxidation sites excluding steroid dienone is 1. The molecular formula is C26H24N2O6. The average molecular weight is 460 g/mol. The van der Waals surface area contributed by atoms with Crippen molar-refractivity contribution in [2.45, 2.75) is 0 Å². The molecule has 0 atom stereocenters. The molecular weight excluding hydrogens is 436 g/mol. The van der Waals surface area contributed by atoms with Crippen molar-refractivity contribution in [3.63, 3.8) is 0 Å². The number of nitrogens with zero attached hydrogens (tertiary/aromatic N) is 1. The van der Waals surface area contributed by atoms with Crippen LogP contribution < -0.4 is 19.5 Å². The summed E-state index contributed by atoms with van der Waals surface area (Å²) in [6.45, 7) is 0. The zero-order chi connectivity index (χ0) is 24.5. The van der Waals surface area contributed by atoms with E-state index in [1.807, 2.05) is 48.6 Å². The predicted octanol–water partition coefficient (Wildman–Crippen LogP) is 5.60. The van der Waals surface area contributed by atoms with E-state index in [0.717, 1.165) is 16.8 Å². The number of benzene rings is 3. The summed E-state index contributed by atoms with van der Waals surface area (Å²) in [5, 5.41) is 14.1.